The zero-order chi connectivity index (χ0) is 16.2. The number of nitrogens with zero attached hydrogens (tertiary/aromatic N) is 5. The van der Waals surface area contributed by atoms with Gasteiger partial charge in [0.2, 0.25) is 0 Å². The molecule has 6 nitrogen and oxygen atoms in total. The summed E-state index contributed by atoms with van der Waals surface area (Å²) in [6.45, 7) is 0. The van der Waals surface area contributed by atoms with Crippen molar-refractivity contribution in [3.8, 4) is 0 Å². The molecule has 1 fully saturated rings. The van der Waals surface area contributed by atoms with Crippen molar-refractivity contribution in [3.63, 3.8) is 0 Å². The van der Waals surface area contributed by atoms with E-state index in [9.17, 15) is 4.79 Å². The van der Waals surface area contributed by atoms with Gasteiger partial charge in [-0.3, -0.25) is 9.69 Å². The third-order valence-electron chi connectivity index (χ3n) is 4.12. The Morgan fingerprint density at radius 2 is 1.83 bits per heavy atom. The van der Waals surface area contributed by atoms with Crippen LogP contribution in [0.5, 0.6) is 0 Å². The van der Waals surface area contributed by atoms with E-state index in [0.717, 1.165) is 31.5 Å². The van der Waals surface area contributed by atoms with Crippen LogP contribution in [0.4, 0.5) is 11.6 Å². The summed E-state index contributed by atoms with van der Waals surface area (Å²) in [5.74, 6) is 1.28. The first-order valence-corrected chi connectivity index (χ1v) is 7.91. The van der Waals surface area contributed by atoms with Crippen molar-refractivity contribution in [3.05, 3.63) is 42.5 Å². The summed E-state index contributed by atoms with van der Waals surface area (Å²) in [7, 11) is 3.79. The monoisotopic (exact) mass is 311 g/mol. The summed E-state index contributed by atoms with van der Waals surface area (Å²) in [5, 5.41) is 0. The van der Waals surface area contributed by atoms with E-state index in [0.29, 0.717) is 11.5 Å². The highest BCUT2D eigenvalue weighted by Gasteiger charge is 2.30. The van der Waals surface area contributed by atoms with Gasteiger partial charge in [-0.25, -0.2) is 15.0 Å². The zero-order valence-electron chi connectivity index (χ0n) is 13.5. The van der Waals surface area contributed by atoms with Gasteiger partial charge in [0.15, 0.2) is 0 Å². The van der Waals surface area contributed by atoms with Crippen molar-refractivity contribution in [1.29, 1.82) is 0 Å². The molecular formula is C17H21N5O. The summed E-state index contributed by atoms with van der Waals surface area (Å²) in [4.78, 5) is 29.6. The molecule has 120 valence electrons. The molecule has 0 aromatic carbocycles. The molecule has 2 aromatic rings. The Labute approximate surface area is 136 Å². The van der Waals surface area contributed by atoms with Crippen LogP contribution in [0.15, 0.2) is 36.8 Å². The van der Waals surface area contributed by atoms with Gasteiger partial charge >= 0.3 is 0 Å². The van der Waals surface area contributed by atoms with Gasteiger partial charge in [-0.1, -0.05) is 18.9 Å². The summed E-state index contributed by atoms with van der Waals surface area (Å²) in [6.07, 6.45) is 9.18. The number of carbonyl (C=O) groups excluding carboxylic acids is 1. The first-order chi connectivity index (χ1) is 11.2. The lowest BCUT2D eigenvalue weighted by atomic mass is 10.2. The second-order valence-electron chi connectivity index (χ2n) is 5.96. The van der Waals surface area contributed by atoms with Crippen molar-refractivity contribution in [2.75, 3.05) is 23.9 Å². The summed E-state index contributed by atoms with van der Waals surface area (Å²) in [5.41, 5.74) is 0.355. The van der Waals surface area contributed by atoms with Gasteiger partial charge in [-0.2, -0.15) is 0 Å². The van der Waals surface area contributed by atoms with Gasteiger partial charge in [-0.15, -0.1) is 0 Å². The molecule has 2 heterocycles. The predicted molar refractivity (Wildman–Crippen MR) is 89.7 cm³/mol. The summed E-state index contributed by atoms with van der Waals surface area (Å²) >= 11 is 0. The predicted octanol–water partition coefficient (Wildman–Crippen LogP) is 2.53. The number of hydrogen-bond donors (Lipinski definition) is 0. The first-order valence-electron chi connectivity index (χ1n) is 7.91. The smallest absolute Gasteiger partial charge is 0.279 e. The third-order valence-corrected chi connectivity index (χ3v) is 4.12. The van der Waals surface area contributed by atoms with Gasteiger partial charge < -0.3 is 4.90 Å². The van der Waals surface area contributed by atoms with Crippen LogP contribution < -0.4 is 9.80 Å². The topological polar surface area (TPSA) is 62.2 Å². The molecule has 0 radical (unpaired) electrons. The largest absolute Gasteiger partial charge is 0.361 e. The molecule has 0 spiro atoms. The number of rotatable bonds is 4. The Balaban J connectivity index is 1.91. The van der Waals surface area contributed by atoms with Crippen LogP contribution in [0.1, 0.15) is 36.2 Å². The van der Waals surface area contributed by atoms with E-state index in [1.807, 2.05) is 37.2 Å². The van der Waals surface area contributed by atoms with Crippen LogP contribution in [-0.4, -0.2) is 41.0 Å². The Morgan fingerprint density at radius 1 is 1.04 bits per heavy atom. The number of pyridine rings is 1. The molecular weight excluding hydrogens is 290 g/mol. The van der Waals surface area contributed by atoms with Crippen LogP contribution in [0.2, 0.25) is 0 Å². The van der Waals surface area contributed by atoms with Crippen LogP contribution in [0.25, 0.3) is 0 Å². The van der Waals surface area contributed by atoms with E-state index in [2.05, 4.69) is 15.0 Å². The lowest BCUT2D eigenvalue weighted by Gasteiger charge is -2.27. The van der Waals surface area contributed by atoms with E-state index in [-0.39, 0.29) is 11.9 Å². The molecule has 0 atom stereocenters. The molecule has 23 heavy (non-hydrogen) atoms. The van der Waals surface area contributed by atoms with E-state index < -0.39 is 0 Å². The molecule has 1 saturated carbocycles. The van der Waals surface area contributed by atoms with Crippen LogP contribution in [0, 0.1) is 0 Å². The maximum atomic E-state index is 13.0. The normalized spacial score (nSPS) is 14.7. The van der Waals surface area contributed by atoms with Crippen molar-refractivity contribution < 1.29 is 4.79 Å². The van der Waals surface area contributed by atoms with Gasteiger partial charge in [-0.05, 0) is 25.0 Å². The minimum atomic E-state index is -0.131. The fraction of sp³-hybridized carbons (Fsp3) is 0.412. The van der Waals surface area contributed by atoms with Gasteiger partial charge in [0, 0.05) is 26.3 Å². The number of hydrogen-bond acceptors (Lipinski definition) is 5. The van der Waals surface area contributed by atoms with E-state index >= 15 is 0 Å². The number of aromatic nitrogens is 3. The zero-order valence-corrected chi connectivity index (χ0v) is 13.5. The molecule has 1 aliphatic carbocycles. The van der Waals surface area contributed by atoms with Gasteiger partial charge in [0.05, 0.1) is 12.4 Å². The SMILES string of the molecule is CN(C)c1cnc(C(=O)N(c2ccccn2)C2CCCC2)cn1. The highest BCUT2D eigenvalue weighted by molar-refractivity contribution is 6.04. The van der Waals surface area contributed by atoms with Crippen molar-refractivity contribution in [2.24, 2.45) is 0 Å². The molecule has 6 heteroatoms. The molecule has 1 aliphatic rings. The lowest BCUT2D eigenvalue weighted by Crippen LogP contribution is -2.40. The van der Waals surface area contributed by atoms with Crippen molar-refractivity contribution in [1.82, 2.24) is 15.0 Å². The highest BCUT2D eigenvalue weighted by atomic mass is 16.2. The number of anilines is 2. The second-order valence-corrected chi connectivity index (χ2v) is 5.96. The highest BCUT2D eigenvalue weighted by Crippen LogP contribution is 2.28. The van der Waals surface area contributed by atoms with Gasteiger partial charge in [0.25, 0.3) is 5.91 Å². The second kappa shape index (κ2) is 6.73. The Bertz CT molecular complexity index is 650. The first kappa shape index (κ1) is 15.4. The Hall–Kier alpha value is -2.50. The summed E-state index contributed by atoms with van der Waals surface area (Å²) in [6, 6.07) is 5.82. The lowest BCUT2D eigenvalue weighted by molar-refractivity contribution is 0.0971. The minimum absolute atomic E-state index is 0.131. The third kappa shape index (κ3) is 3.31. The molecule has 0 bridgehead atoms. The van der Waals surface area contributed by atoms with Crippen LogP contribution in [0.3, 0.4) is 0 Å². The number of carbonyl (C=O) groups is 1. The number of amides is 1. The molecule has 0 N–H and O–H groups in total. The fourth-order valence-electron chi connectivity index (χ4n) is 2.90. The van der Waals surface area contributed by atoms with E-state index in [1.165, 1.54) is 0 Å². The quantitative estimate of drug-likeness (QED) is 0.868. The van der Waals surface area contributed by atoms with Gasteiger partial charge in [0.1, 0.15) is 17.3 Å². The average Bonchev–Trinajstić information content (AvgIpc) is 3.10. The van der Waals surface area contributed by atoms with E-state index in [4.69, 9.17) is 0 Å². The molecule has 2 aromatic heterocycles. The maximum Gasteiger partial charge on any atom is 0.279 e. The Morgan fingerprint density at radius 3 is 2.39 bits per heavy atom. The van der Waals surface area contributed by atoms with E-state index in [1.54, 1.807) is 23.5 Å². The van der Waals surface area contributed by atoms with Crippen molar-refractivity contribution >= 4 is 17.5 Å². The Kier molecular flexibility index (Phi) is 4.50. The standard InChI is InChI=1S/C17H21N5O/c1-21(2)16-12-19-14(11-20-16)17(23)22(13-7-3-4-8-13)15-9-5-6-10-18-15/h5-6,9-13H,3-4,7-8H2,1-2H3. The average molecular weight is 311 g/mol. The molecule has 0 aliphatic heterocycles. The van der Waals surface area contributed by atoms with Crippen LogP contribution in [-0.2, 0) is 0 Å². The molecule has 1 amide bonds. The van der Waals surface area contributed by atoms with Crippen LogP contribution >= 0.6 is 0 Å². The van der Waals surface area contributed by atoms with Crippen molar-refractivity contribution in [2.45, 2.75) is 31.7 Å². The maximum absolute atomic E-state index is 13.0. The summed E-state index contributed by atoms with van der Waals surface area (Å²) < 4.78 is 0. The molecule has 3 rings (SSSR count). The fourth-order valence-corrected chi connectivity index (χ4v) is 2.90. The molecule has 0 saturated heterocycles. The molecule has 0 unspecified atom stereocenters. The minimum Gasteiger partial charge on any atom is -0.361 e.